The number of nitrogens with one attached hydrogen (secondary N) is 1. The molecule has 1 heterocycles. The molecular weight excluding hydrogens is 619 g/mol. The second-order valence-electron chi connectivity index (χ2n) is 11.0. The van der Waals surface area contributed by atoms with E-state index in [0.29, 0.717) is 25.0 Å². The fourth-order valence-corrected chi connectivity index (χ4v) is 6.65. The maximum absolute atomic E-state index is 6.21. The third-order valence-corrected chi connectivity index (χ3v) is 8.77. The third kappa shape index (κ3) is 6.05. The first kappa shape index (κ1) is 27.6. The summed E-state index contributed by atoms with van der Waals surface area (Å²) in [6.07, 6.45) is 7.74. The Labute approximate surface area is 256 Å². The van der Waals surface area contributed by atoms with Crippen molar-refractivity contribution < 1.29 is 9.47 Å². The smallest absolute Gasteiger partial charge is 0.175 e. The molecule has 5 heteroatoms. The van der Waals surface area contributed by atoms with E-state index in [1.54, 1.807) is 0 Å². The molecule has 0 amide bonds. The Bertz CT molecular complexity index is 1590. The van der Waals surface area contributed by atoms with E-state index in [-0.39, 0.29) is 6.04 Å². The van der Waals surface area contributed by atoms with E-state index < -0.39 is 0 Å². The van der Waals surface area contributed by atoms with Crippen LogP contribution < -0.4 is 14.8 Å². The zero-order chi connectivity index (χ0) is 28.3. The van der Waals surface area contributed by atoms with E-state index in [4.69, 9.17) is 14.5 Å². The minimum atomic E-state index is 0.283. The Balaban J connectivity index is 1.17. The van der Waals surface area contributed by atoms with Gasteiger partial charge in [0, 0.05) is 17.8 Å². The molecule has 0 saturated heterocycles. The lowest BCUT2D eigenvalue weighted by molar-refractivity contribution is 0.267. The molecule has 6 rings (SSSR count). The number of fused-ring (bicyclic) bond motifs is 3. The lowest BCUT2D eigenvalue weighted by Crippen LogP contribution is -2.29. The van der Waals surface area contributed by atoms with Gasteiger partial charge in [0.1, 0.15) is 6.61 Å². The van der Waals surface area contributed by atoms with Crippen LogP contribution in [0, 0.1) is 23.3 Å². The van der Waals surface area contributed by atoms with Gasteiger partial charge in [0.15, 0.2) is 11.5 Å². The van der Waals surface area contributed by atoms with Crippen molar-refractivity contribution in [1.29, 1.82) is 0 Å². The van der Waals surface area contributed by atoms with Gasteiger partial charge in [-0.05, 0) is 108 Å². The Morgan fingerprint density at radius 3 is 2.49 bits per heavy atom. The monoisotopic (exact) mass is 654 g/mol. The van der Waals surface area contributed by atoms with Crippen LogP contribution in [0.5, 0.6) is 11.5 Å². The van der Waals surface area contributed by atoms with Crippen LogP contribution in [0.25, 0.3) is 0 Å². The molecule has 0 bridgehead atoms. The molecule has 0 aromatic heterocycles. The maximum Gasteiger partial charge on any atom is 0.175 e. The van der Waals surface area contributed by atoms with Crippen LogP contribution in [0.4, 0.5) is 11.4 Å². The second kappa shape index (κ2) is 12.1. The first-order chi connectivity index (χ1) is 20.0. The minimum absolute atomic E-state index is 0.283. The summed E-state index contributed by atoms with van der Waals surface area (Å²) in [6.45, 7) is 7.31. The number of anilines is 1. The summed E-state index contributed by atoms with van der Waals surface area (Å²) in [6, 6.07) is 28.2. The van der Waals surface area contributed by atoms with Crippen molar-refractivity contribution >= 4 is 40.2 Å². The summed E-state index contributed by atoms with van der Waals surface area (Å²) in [5, 5.41) is 3.84. The van der Waals surface area contributed by atoms with Crippen molar-refractivity contribution in [2.45, 2.75) is 45.8 Å². The summed E-state index contributed by atoms with van der Waals surface area (Å²) in [7, 11) is 0. The lowest BCUT2D eigenvalue weighted by Gasteiger charge is -2.37. The number of hydrogen-bond donors (Lipinski definition) is 1. The zero-order valence-electron chi connectivity index (χ0n) is 23.7. The molecule has 208 valence electrons. The van der Waals surface area contributed by atoms with E-state index in [9.17, 15) is 0 Å². The standard InChI is InChI=1S/C36H35IN2O2/c1-4-40-34-20-26(19-32(37)36(34)41-22-25-11-8-23(2)9-12-25)21-38-28-15-13-27(14-16-28)35-30-7-5-6-29(30)31-18-24(3)10-17-33(31)39-35/h5-6,8-21,29-30,35,39H,4,7,22H2,1-3H3/t29-,30+,35+/m1/s1. The molecule has 0 spiro atoms. The van der Waals surface area contributed by atoms with Crippen LogP contribution in [0.3, 0.4) is 0 Å². The highest BCUT2D eigenvalue weighted by molar-refractivity contribution is 14.1. The van der Waals surface area contributed by atoms with E-state index in [1.165, 1.54) is 27.9 Å². The molecule has 0 saturated carbocycles. The Hall–Kier alpha value is -3.58. The van der Waals surface area contributed by atoms with E-state index in [0.717, 1.165) is 38.3 Å². The first-order valence-corrected chi connectivity index (χ1v) is 15.4. The average molecular weight is 655 g/mol. The van der Waals surface area contributed by atoms with Gasteiger partial charge in [-0.25, -0.2) is 0 Å². The number of aliphatic imine (C=N–C) groups is 1. The van der Waals surface area contributed by atoms with Gasteiger partial charge in [-0.1, -0.05) is 71.8 Å². The maximum atomic E-state index is 6.21. The van der Waals surface area contributed by atoms with Crippen molar-refractivity contribution in [2.24, 2.45) is 10.9 Å². The molecular formula is C36H35IN2O2. The van der Waals surface area contributed by atoms with Crippen molar-refractivity contribution in [2.75, 3.05) is 11.9 Å². The number of halogens is 1. The van der Waals surface area contributed by atoms with Crippen molar-refractivity contribution in [3.8, 4) is 11.5 Å². The summed E-state index contributed by atoms with van der Waals surface area (Å²) in [5.41, 5.74) is 9.57. The van der Waals surface area contributed by atoms with E-state index >= 15 is 0 Å². The van der Waals surface area contributed by atoms with E-state index in [1.807, 2.05) is 19.2 Å². The first-order valence-electron chi connectivity index (χ1n) is 14.3. The molecule has 0 radical (unpaired) electrons. The molecule has 1 aliphatic heterocycles. The molecule has 0 unspecified atom stereocenters. The summed E-state index contributed by atoms with van der Waals surface area (Å²) in [4.78, 5) is 4.79. The van der Waals surface area contributed by atoms with Crippen LogP contribution in [0.2, 0.25) is 0 Å². The molecule has 1 N–H and O–H groups in total. The summed E-state index contributed by atoms with van der Waals surface area (Å²) < 4.78 is 13.2. The fraction of sp³-hybridized carbons (Fsp3) is 0.250. The normalized spacial score (nSPS) is 19.1. The molecule has 41 heavy (non-hydrogen) atoms. The van der Waals surface area contributed by atoms with Gasteiger partial charge in [-0.3, -0.25) is 4.99 Å². The zero-order valence-corrected chi connectivity index (χ0v) is 25.9. The molecule has 4 nitrogen and oxygen atoms in total. The molecule has 1 aliphatic carbocycles. The number of allylic oxidation sites excluding steroid dienone is 2. The second-order valence-corrected chi connectivity index (χ2v) is 12.1. The largest absolute Gasteiger partial charge is 0.490 e. The Morgan fingerprint density at radius 1 is 0.927 bits per heavy atom. The third-order valence-electron chi connectivity index (χ3n) is 7.97. The molecule has 3 atom stereocenters. The number of ether oxygens (including phenoxy) is 2. The molecule has 2 aliphatic rings. The summed E-state index contributed by atoms with van der Waals surface area (Å²) >= 11 is 2.32. The van der Waals surface area contributed by atoms with Gasteiger partial charge in [0.2, 0.25) is 0 Å². The van der Waals surface area contributed by atoms with Gasteiger partial charge in [0.05, 0.1) is 21.9 Å². The van der Waals surface area contributed by atoms with E-state index in [2.05, 4.69) is 127 Å². The predicted molar refractivity (Wildman–Crippen MR) is 177 cm³/mol. The Kier molecular flexibility index (Phi) is 8.15. The van der Waals surface area contributed by atoms with Gasteiger partial charge in [-0.2, -0.15) is 0 Å². The quantitative estimate of drug-likeness (QED) is 0.117. The average Bonchev–Trinajstić information content (AvgIpc) is 3.47. The molecule has 0 fully saturated rings. The van der Waals surface area contributed by atoms with Gasteiger partial charge < -0.3 is 14.8 Å². The summed E-state index contributed by atoms with van der Waals surface area (Å²) in [5.74, 6) is 2.51. The van der Waals surface area contributed by atoms with Crippen LogP contribution in [0.15, 0.2) is 96.0 Å². The van der Waals surface area contributed by atoms with Crippen molar-refractivity contribution in [1.82, 2.24) is 0 Å². The van der Waals surface area contributed by atoms with Crippen molar-refractivity contribution in [3.05, 3.63) is 128 Å². The lowest BCUT2D eigenvalue weighted by atomic mass is 9.76. The Morgan fingerprint density at radius 2 is 1.71 bits per heavy atom. The van der Waals surface area contributed by atoms with Gasteiger partial charge in [-0.15, -0.1) is 0 Å². The van der Waals surface area contributed by atoms with Crippen LogP contribution in [-0.4, -0.2) is 12.8 Å². The molecule has 4 aromatic rings. The minimum Gasteiger partial charge on any atom is -0.490 e. The highest BCUT2D eigenvalue weighted by Crippen LogP contribution is 2.50. The van der Waals surface area contributed by atoms with Crippen LogP contribution >= 0.6 is 22.6 Å². The van der Waals surface area contributed by atoms with Gasteiger partial charge >= 0.3 is 0 Å². The van der Waals surface area contributed by atoms with Crippen LogP contribution in [-0.2, 0) is 6.61 Å². The highest BCUT2D eigenvalue weighted by atomic mass is 127. The topological polar surface area (TPSA) is 42.8 Å². The number of aryl methyl sites for hydroxylation is 2. The van der Waals surface area contributed by atoms with Crippen molar-refractivity contribution in [3.63, 3.8) is 0 Å². The number of nitrogens with zero attached hydrogens (tertiary/aromatic N) is 1. The fourth-order valence-electron chi connectivity index (χ4n) is 5.87. The number of benzene rings is 4. The predicted octanol–water partition coefficient (Wildman–Crippen LogP) is 9.46. The number of hydrogen-bond acceptors (Lipinski definition) is 4. The number of rotatable bonds is 8. The molecule has 4 aromatic carbocycles. The van der Waals surface area contributed by atoms with Crippen LogP contribution in [0.1, 0.15) is 58.7 Å². The highest BCUT2D eigenvalue weighted by Gasteiger charge is 2.37. The SMILES string of the molecule is CCOc1cc(C=Nc2ccc([C@@H]3Nc4ccc(C)cc4[C@@H]4C=CC[C@@H]43)cc2)cc(I)c1OCc1ccc(C)cc1. The van der Waals surface area contributed by atoms with Gasteiger partial charge in [0.25, 0.3) is 0 Å².